The van der Waals surface area contributed by atoms with E-state index < -0.39 is 19.9 Å². The first-order valence-corrected chi connectivity index (χ1v) is 19.8. The molecule has 0 rings (SSSR count). The van der Waals surface area contributed by atoms with Crippen molar-refractivity contribution in [3.8, 4) is 0 Å². The van der Waals surface area contributed by atoms with Crippen molar-refractivity contribution >= 4 is 13.8 Å². The summed E-state index contributed by atoms with van der Waals surface area (Å²) in [6.45, 7) is 4.42. The fraction of sp³-hybridized carbons (Fsp3) is 0.917. The summed E-state index contributed by atoms with van der Waals surface area (Å²) in [5.74, 6) is -0.508. The number of quaternary nitrogens is 1. The molecule has 9 heteroatoms. The van der Waals surface area contributed by atoms with Gasteiger partial charge in [0.25, 0.3) is 7.82 Å². The normalized spacial score (nSPS) is 14.2. The Morgan fingerprint density at radius 3 is 1.56 bits per heavy atom. The van der Waals surface area contributed by atoms with Crippen molar-refractivity contribution in [2.75, 3.05) is 54.1 Å². The van der Waals surface area contributed by atoms with Crippen LogP contribution in [0.25, 0.3) is 0 Å². The highest BCUT2D eigenvalue weighted by Gasteiger charge is 2.19. The van der Waals surface area contributed by atoms with Crippen molar-refractivity contribution in [2.24, 2.45) is 0 Å². The summed E-state index contributed by atoms with van der Waals surface area (Å²) in [5, 5.41) is 0. The number of likely N-dealkylation sites (N-methyl/N-ethyl adjacent to an activating group) is 1. The number of allylic oxidation sites excluding steroid dienone is 2. The van der Waals surface area contributed by atoms with Crippen molar-refractivity contribution < 1.29 is 37.3 Å². The average Bonchev–Trinajstić information content (AvgIpc) is 2.96. The van der Waals surface area contributed by atoms with Crippen LogP contribution in [0, 0.1) is 0 Å². The van der Waals surface area contributed by atoms with Crippen LogP contribution < -0.4 is 4.89 Å². The lowest BCUT2D eigenvalue weighted by atomic mass is 10.0. The predicted molar refractivity (Wildman–Crippen MR) is 185 cm³/mol. The lowest BCUT2D eigenvalue weighted by molar-refractivity contribution is -0.870. The standard InChI is InChI=1S/C36H72NO7P/c1-6-7-8-9-10-11-12-13-14-15-16-17-18-19-20-21-22-23-24-25-26-27-28-29-31-41-33-36(44-35(2)38)34-43-45(39,40)42-32-30-37(3,4)5/h15-16,36H,6-14,17-34H2,1-5H3/b16-15-. The number of rotatable bonds is 34. The van der Waals surface area contributed by atoms with E-state index in [9.17, 15) is 14.3 Å². The third-order valence-corrected chi connectivity index (χ3v) is 8.83. The number of carbonyl (C=O) groups excluding carboxylic acids is 1. The quantitative estimate of drug-likeness (QED) is 0.0223. The first-order chi connectivity index (χ1) is 21.6. The van der Waals surface area contributed by atoms with E-state index in [1.165, 1.54) is 135 Å². The van der Waals surface area contributed by atoms with Crippen LogP contribution in [0.5, 0.6) is 0 Å². The Balaban J connectivity index is 3.56. The van der Waals surface area contributed by atoms with Crippen LogP contribution in [0.15, 0.2) is 12.2 Å². The Hall–Kier alpha value is -0.760. The maximum absolute atomic E-state index is 12.0. The molecular formula is C36H72NO7P. The maximum atomic E-state index is 12.0. The van der Waals surface area contributed by atoms with Crippen molar-refractivity contribution in [1.29, 1.82) is 0 Å². The zero-order valence-corrected chi connectivity index (χ0v) is 31.0. The molecule has 0 aromatic heterocycles. The second-order valence-corrected chi connectivity index (χ2v) is 15.1. The van der Waals surface area contributed by atoms with E-state index in [2.05, 4.69) is 19.1 Å². The van der Waals surface area contributed by atoms with Gasteiger partial charge in [-0.2, -0.15) is 0 Å². The number of unbranched alkanes of at least 4 members (excludes halogenated alkanes) is 20. The summed E-state index contributed by atoms with van der Waals surface area (Å²) >= 11 is 0. The smallest absolute Gasteiger partial charge is 0.303 e. The molecule has 0 saturated carbocycles. The molecule has 0 spiro atoms. The van der Waals surface area contributed by atoms with Crippen molar-refractivity contribution in [3.05, 3.63) is 12.2 Å². The average molecular weight is 662 g/mol. The molecule has 0 radical (unpaired) electrons. The number of ether oxygens (including phenoxy) is 2. The number of carbonyl (C=O) groups is 1. The zero-order chi connectivity index (χ0) is 33.5. The molecule has 45 heavy (non-hydrogen) atoms. The Kier molecular flexibility index (Phi) is 30.0. The van der Waals surface area contributed by atoms with E-state index in [-0.39, 0.29) is 19.8 Å². The van der Waals surface area contributed by atoms with Gasteiger partial charge < -0.3 is 27.9 Å². The van der Waals surface area contributed by atoms with Crippen LogP contribution in [-0.2, 0) is 27.9 Å². The Bertz CT molecular complexity index is 741. The van der Waals surface area contributed by atoms with Gasteiger partial charge in [-0.1, -0.05) is 128 Å². The van der Waals surface area contributed by atoms with Gasteiger partial charge in [0.05, 0.1) is 34.4 Å². The number of phosphoric acid groups is 1. The SMILES string of the molecule is CCCCCCCCCC/C=C\CCCCCCCCCCCCCCOCC(COP(=O)([O-])OCC[N+](C)(C)C)OC(C)=O. The minimum Gasteiger partial charge on any atom is -0.756 e. The molecule has 0 bridgehead atoms. The minimum atomic E-state index is -4.47. The van der Waals surface area contributed by atoms with Gasteiger partial charge in [0.1, 0.15) is 19.3 Å². The highest BCUT2D eigenvalue weighted by atomic mass is 31.2. The lowest BCUT2D eigenvalue weighted by Crippen LogP contribution is -2.37. The van der Waals surface area contributed by atoms with E-state index in [0.717, 1.165) is 12.8 Å². The second kappa shape index (κ2) is 30.6. The lowest BCUT2D eigenvalue weighted by Gasteiger charge is -2.28. The van der Waals surface area contributed by atoms with Gasteiger partial charge in [0.15, 0.2) is 0 Å². The Morgan fingerprint density at radius 2 is 1.11 bits per heavy atom. The molecule has 0 aliphatic heterocycles. The van der Waals surface area contributed by atoms with Gasteiger partial charge in [-0.15, -0.1) is 0 Å². The summed E-state index contributed by atoms with van der Waals surface area (Å²) in [7, 11) is 1.35. The van der Waals surface area contributed by atoms with E-state index in [0.29, 0.717) is 17.6 Å². The molecule has 2 unspecified atom stereocenters. The maximum Gasteiger partial charge on any atom is 0.303 e. The number of hydrogen-bond acceptors (Lipinski definition) is 7. The fourth-order valence-electron chi connectivity index (χ4n) is 5.07. The third-order valence-electron chi connectivity index (χ3n) is 7.87. The molecule has 268 valence electrons. The molecule has 0 heterocycles. The molecule has 0 aliphatic rings. The Morgan fingerprint density at radius 1 is 0.667 bits per heavy atom. The zero-order valence-electron chi connectivity index (χ0n) is 30.1. The fourth-order valence-corrected chi connectivity index (χ4v) is 5.80. The molecule has 0 aromatic carbocycles. The highest BCUT2D eigenvalue weighted by Crippen LogP contribution is 2.38. The van der Waals surface area contributed by atoms with E-state index in [1.54, 1.807) is 0 Å². The summed E-state index contributed by atoms with van der Waals surface area (Å²) in [4.78, 5) is 23.4. The van der Waals surface area contributed by atoms with Crippen LogP contribution in [0.1, 0.15) is 155 Å². The van der Waals surface area contributed by atoms with Gasteiger partial charge in [0.2, 0.25) is 0 Å². The molecule has 0 saturated heterocycles. The molecule has 0 aliphatic carbocycles. The third kappa shape index (κ3) is 35.9. The predicted octanol–water partition coefficient (Wildman–Crippen LogP) is 9.30. The first-order valence-electron chi connectivity index (χ1n) is 18.4. The molecular weight excluding hydrogens is 589 g/mol. The number of esters is 1. The van der Waals surface area contributed by atoms with Gasteiger partial charge in [-0.3, -0.25) is 9.36 Å². The molecule has 8 nitrogen and oxygen atoms in total. The van der Waals surface area contributed by atoms with Crippen LogP contribution >= 0.6 is 7.82 Å². The van der Waals surface area contributed by atoms with E-state index >= 15 is 0 Å². The minimum absolute atomic E-state index is 0.0245. The second-order valence-electron chi connectivity index (χ2n) is 13.7. The van der Waals surface area contributed by atoms with Crippen molar-refractivity contribution in [1.82, 2.24) is 0 Å². The van der Waals surface area contributed by atoms with Crippen molar-refractivity contribution in [2.45, 2.75) is 161 Å². The first kappa shape index (κ1) is 44.2. The van der Waals surface area contributed by atoms with Gasteiger partial charge in [-0.25, -0.2) is 0 Å². The summed E-state index contributed by atoms with van der Waals surface area (Å²) in [6.07, 6.45) is 33.0. The largest absolute Gasteiger partial charge is 0.756 e. The van der Waals surface area contributed by atoms with E-state index in [1.807, 2.05) is 21.1 Å². The highest BCUT2D eigenvalue weighted by molar-refractivity contribution is 7.45. The number of phosphoric ester groups is 1. The van der Waals surface area contributed by atoms with Crippen LogP contribution in [0.4, 0.5) is 0 Å². The van der Waals surface area contributed by atoms with Gasteiger partial charge in [-0.05, 0) is 32.1 Å². The molecule has 0 aromatic rings. The summed E-state index contributed by atoms with van der Waals surface area (Å²) in [6, 6.07) is 0. The van der Waals surface area contributed by atoms with Gasteiger partial charge >= 0.3 is 5.97 Å². The summed E-state index contributed by atoms with van der Waals surface area (Å²) < 4.78 is 33.2. The topological polar surface area (TPSA) is 94.1 Å². The van der Waals surface area contributed by atoms with Crippen LogP contribution in [0.3, 0.4) is 0 Å². The molecule has 0 N–H and O–H groups in total. The Labute approximate surface area is 278 Å². The monoisotopic (exact) mass is 662 g/mol. The number of hydrogen-bond donors (Lipinski definition) is 0. The van der Waals surface area contributed by atoms with Crippen molar-refractivity contribution in [3.63, 3.8) is 0 Å². The van der Waals surface area contributed by atoms with E-state index in [4.69, 9.17) is 18.5 Å². The molecule has 0 amide bonds. The number of nitrogens with zero attached hydrogens (tertiary/aromatic N) is 1. The van der Waals surface area contributed by atoms with Crippen LogP contribution in [0.2, 0.25) is 0 Å². The van der Waals surface area contributed by atoms with Gasteiger partial charge in [0, 0.05) is 13.5 Å². The molecule has 2 atom stereocenters. The van der Waals surface area contributed by atoms with Crippen LogP contribution in [-0.4, -0.2) is 70.7 Å². The summed E-state index contributed by atoms with van der Waals surface area (Å²) in [5.41, 5.74) is 0. The molecule has 0 fully saturated rings.